The van der Waals surface area contributed by atoms with Crippen molar-refractivity contribution in [2.75, 3.05) is 11.9 Å². The van der Waals surface area contributed by atoms with Crippen LogP contribution in [0.3, 0.4) is 0 Å². The van der Waals surface area contributed by atoms with E-state index in [0.29, 0.717) is 6.04 Å². The maximum atomic E-state index is 13.6. The molecule has 1 aliphatic heterocycles. The molecule has 3 heteroatoms. The first kappa shape index (κ1) is 11.4. The summed E-state index contributed by atoms with van der Waals surface area (Å²) < 4.78 is 13.6. The van der Waals surface area contributed by atoms with Crippen LogP contribution in [0.2, 0.25) is 0 Å². The van der Waals surface area contributed by atoms with Gasteiger partial charge in [-0.2, -0.15) is 0 Å². The first-order chi connectivity index (χ1) is 7.46. The zero-order chi connectivity index (χ0) is 11.8. The number of anilines is 1. The van der Waals surface area contributed by atoms with Crippen molar-refractivity contribution in [3.05, 3.63) is 29.6 Å². The van der Waals surface area contributed by atoms with Crippen molar-refractivity contribution in [2.24, 2.45) is 0 Å². The summed E-state index contributed by atoms with van der Waals surface area (Å²) in [5, 5.41) is 6.77. The van der Waals surface area contributed by atoms with Crippen molar-refractivity contribution < 1.29 is 4.39 Å². The second-order valence-electron chi connectivity index (χ2n) is 5.44. The predicted molar refractivity (Wildman–Crippen MR) is 65.3 cm³/mol. The highest BCUT2D eigenvalue weighted by molar-refractivity contribution is 5.54. The Hall–Kier alpha value is -1.09. The maximum absolute atomic E-state index is 13.6. The lowest BCUT2D eigenvalue weighted by atomic mass is 9.96. The van der Waals surface area contributed by atoms with Crippen LogP contribution in [0.15, 0.2) is 18.2 Å². The maximum Gasteiger partial charge on any atom is 0.128 e. The van der Waals surface area contributed by atoms with Crippen LogP contribution in [0, 0.1) is 5.82 Å². The van der Waals surface area contributed by atoms with Gasteiger partial charge in [0.05, 0.1) is 0 Å². The molecule has 2 nitrogen and oxygen atoms in total. The fourth-order valence-corrected chi connectivity index (χ4v) is 2.20. The molecule has 88 valence electrons. The normalized spacial score (nSPS) is 20.1. The average molecular weight is 222 g/mol. The Bertz CT molecular complexity index is 382. The molecule has 0 amide bonds. The van der Waals surface area contributed by atoms with Crippen LogP contribution in [0.4, 0.5) is 10.1 Å². The summed E-state index contributed by atoms with van der Waals surface area (Å²) >= 11 is 0. The molecule has 1 heterocycles. The Balaban J connectivity index is 2.14. The van der Waals surface area contributed by atoms with E-state index in [2.05, 4.69) is 31.4 Å². The first-order valence-corrected chi connectivity index (χ1v) is 5.75. The molecule has 0 spiro atoms. The molecular formula is C13H19FN2. The minimum atomic E-state index is -0.106. The van der Waals surface area contributed by atoms with Gasteiger partial charge in [-0.1, -0.05) is 6.07 Å². The number of rotatable bonds is 1. The molecule has 1 aromatic carbocycles. The van der Waals surface area contributed by atoms with Crippen molar-refractivity contribution in [3.63, 3.8) is 0 Å². The third-order valence-electron chi connectivity index (χ3n) is 2.75. The van der Waals surface area contributed by atoms with Gasteiger partial charge >= 0.3 is 0 Å². The topological polar surface area (TPSA) is 24.1 Å². The van der Waals surface area contributed by atoms with Gasteiger partial charge in [0.15, 0.2) is 0 Å². The van der Waals surface area contributed by atoms with Crippen LogP contribution in [0.5, 0.6) is 0 Å². The second-order valence-corrected chi connectivity index (χ2v) is 5.44. The van der Waals surface area contributed by atoms with Gasteiger partial charge in [0.25, 0.3) is 0 Å². The molecule has 0 bridgehead atoms. The summed E-state index contributed by atoms with van der Waals surface area (Å²) in [5.41, 5.74) is 1.80. The molecule has 0 saturated carbocycles. The highest BCUT2D eigenvalue weighted by Gasteiger charge is 2.23. The molecule has 16 heavy (non-hydrogen) atoms. The van der Waals surface area contributed by atoms with Crippen LogP contribution >= 0.6 is 0 Å². The summed E-state index contributed by atoms with van der Waals surface area (Å²) in [6, 6.07) is 5.51. The lowest BCUT2D eigenvalue weighted by molar-refractivity contribution is 0.358. The number of hydrogen-bond donors (Lipinski definition) is 2. The summed E-state index contributed by atoms with van der Waals surface area (Å²) in [5.74, 6) is -0.106. The van der Waals surface area contributed by atoms with Gasteiger partial charge in [0.1, 0.15) is 5.82 Å². The highest BCUT2D eigenvalue weighted by Crippen LogP contribution is 2.24. The molecule has 2 N–H and O–H groups in total. The first-order valence-electron chi connectivity index (χ1n) is 5.75. The molecule has 0 saturated heterocycles. The second kappa shape index (κ2) is 4.06. The van der Waals surface area contributed by atoms with Crippen molar-refractivity contribution >= 4 is 5.69 Å². The van der Waals surface area contributed by atoms with Crippen LogP contribution in [-0.4, -0.2) is 18.1 Å². The summed E-state index contributed by atoms with van der Waals surface area (Å²) in [6.07, 6.45) is 0.756. The molecule has 0 aromatic heterocycles. The molecule has 1 aromatic rings. The smallest absolute Gasteiger partial charge is 0.128 e. The number of fused-ring (bicyclic) bond motifs is 1. The van der Waals surface area contributed by atoms with E-state index in [-0.39, 0.29) is 11.4 Å². The van der Waals surface area contributed by atoms with Gasteiger partial charge < -0.3 is 10.6 Å². The van der Waals surface area contributed by atoms with Crippen LogP contribution in [0.25, 0.3) is 0 Å². The zero-order valence-electron chi connectivity index (χ0n) is 10.1. The molecule has 2 rings (SSSR count). The number of benzene rings is 1. The largest absolute Gasteiger partial charge is 0.383 e. The van der Waals surface area contributed by atoms with E-state index in [4.69, 9.17) is 0 Å². The number of halogens is 1. The van der Waals surface area contributed by atoms with Gasteiger partial charge in [-0.3, -0.25) is 0 Å². The number of hydrogen-bond acceptors (Lipinski definition) is 2. The van der Waals surface area contributed by atoms with Crippen molar-refractivity contribution in [2.45, 2.75) is 38.8 Å². The fourth-order valence-electron chi connectivity index (χ4n) is 2.20. The van der Waals surface area contributed by atoms with E-state index < -0.39 is 0 Å². The van der Waals surface area contributed by atoms with Gasteiger partial charge in [0.2, 0.25) is 0 Å². The molecule has 0 radical (unpaired) electrons. The minimum absolute atomic E-state index is 0.0646. The quantitative estimate of drug-likeness (QED) is 0.763. The average Bonchev–Trinajstić information content (AvgIpc) is 2.17. The minimum Gasteiger partial charge on any atom is -0.383 e. The third-order valence-corrected chi connectivity index (χ3v) is 2.75. The SMILES string of the molecule is CC(C)(C)NC1CNc2cccc(F)c2C1. The van der Waals surface area contributed by atoms with Gasteiger partial charge in [-0.05, 0) is 39.3 Å². The van der Waals surface area contributed by atoms with Gasteiger partial charge in [-0.15, -0.1) is 0 Å². The third kappa shape index (κ3) is 2.53. The molecular weight excluding hydrogens is 203 g/mol. The molecule has 1 aliphatic rings. The lowest BCUT2D eigenvalue weighted by Crippen LogP contribution is -2.49. The monoisotopic (exact) mass is 222 g/mol. The predicted octanol–water partition coefficient (Wildman–Crippen LogP) is 2.55. The van der Waals surface area contributed by atoms with E-state index in [1.807, 2.05) is 6.07 Å². The van der Waals surface area contributed by atoms with Gasteiger partial charge in [0, 0.05) is 29.4 Å². The highest BCUT2D eigenvalue weighted by atomic mass is 19.1. The van der Waals surface area contributed by atoms with Crippen LogP contribution in [0.1, 0.15) is 26.3 Å². The fraction of sp³-hybridized carbons (Fsp3) is 0.538. The van der Waals surface area contributed by atoms with E-state index in [1.54, 1.807) is 6.07 Å². The summed E-state index contributed by atoms with van der Waals surface area (Å²) in [4.78, 5) is 0. The Labute approximate surface area is 96.2 Å². The standard InChI is InChI=1S/C13H19FN2/c1-13(2,3)16-9-7-10-11(14)5-4-6-12(10)15-8-9/h4-6,9,15-16H,7-8H2,1-3H3. The number of nitrogens with one attached hydrogen (secondary N) is 2. The summed E-state index contributed by atoms with van der Waals surface area (Å²) in [6.45, 7) is 7.24. The van der Waals surface area contributed by atoms with E-state index >= 15 is 0 Å². The van der Waals surface area contributed by atoms with Crippen molar-refractivity contribution in [1.29, 1.82) is 0 Å². The van der Waals surface area contributed by atoms with E-state index in [9.17, 15) is 4.39 Å². The van der Waals surface area contributed by atoms with Gasteiger partial charge in [-0.25, -0.2) is 4.39 Å². The summed E-state index contributed by atoms with van der Waals surface area (Å²) in [7, 11) is 0. The molecule has 1 unspecified atom stereocenters. The molecule has 0 fully saturated rings. The molecule has 1 atom stereocenters. The van der Waals surface area contributed by atoms with Crippen LogP contribution in [-0.2, 0) is 6.42 Å². The Morgan fingerprint density at radius 1 is 1.38 bits per heavy atom. The lowest BCUT2D eigenvalue weighted by Gasteiger charge is -2.33. The molecule has 0 aliphatic carbocycles. The zero-order valence-corrected chi connectivity index (χ0v) is 10.1. The Kier molecular flexibility index (Phi) is 2.89. The van der Waals surface area contributed by atoms with Crippen LogP contribution < -0.4 is 10.6 Å². The van der Waals surface area contributed by atoms with E-state index in [1.165, 1.54) is 6.07 Å². The Morgan fingerprint density at radius 3 is 2.81 bits per heavy atom. The van der Waals surface area contributed by atoms with Crippen molar-refractivity contribution in [3.8, 4) is 0 Å². The van der Waals surface area contributed by atoms with Crippen molar-refractivity contribution in [1.82, 2.24) is 5.32 Å². The Morgan fingerprint density at radius 2 is 2.12 bits per heavy atom. The van der Waals surface area contributed by atoms with E-state index in [0.717, 1.165) is 24.2 Å².